The van der Waals surface area contributed by atoms with Crippen LogP contribution in [-0.2, 0) is 21.1 Å². The van der Waals surface area contributed by atoms with Crippen molar-refractivity contribution in [1.29, 1.82) is 0 Å². The van der Waals surface area contributed by atoms with E-state index in [0.29, 0.717) is 43.2 Å². The van der Waals surface area contributed by atoms with E-state index in [4.69, 9.17) is 14.2 Å². The second-order valence-corrected chi connectivity index (χ2v) is 9.58. The van der Waals surface area contributed by atoms with Crippen LogP contribution in [0.2, 0.25) is 0 Å². The Morgan fingerprint density at radius 3 is 2.12 bits per heavy atom. The molecule has 0 radical (unpaired) electrons. The van der Waals surface area contributed by atoms with Gasteiger partial charge in [0.15, 0.2) is 21.3 Å². The normalized spacial score (nSPS) is 13.7. The first-order valence-electron chi connectivity index (χ1n) is 10.4. The number of rotatable bonds is 8. The summed E-state index contributed by atoms with van der Waals surface area (Å²) in [6.45, 7) is 0.730. The van der Waals surface area contributed by atoms with Gasteiger partial charge in [0.25, 0.3) is 5.91 Å². The van der Waals surface area contributed by atoms with Gasteiger partial charge in [-0.25, -0.2) is 13.4 Å². The number of amides is 2. The minimum absolute atomic E-state index is 0.0493. The predicted molar refractivity (Wildman–Crippen MR) is 121 cm³/mol. The molecule has 0 N–H and O–H groups in total. The van der Waals surface area contributed by atoms with E-state index in [-0.39, 0.29) is 22.8 Å². The Kier molecular flexibility index (Phi) is 7.47. The van der Waals surface area contributed by atoms with Gasteiger partial charge in [-0.2, -0.15) is 0 Å². The smallest absolute Gasteiger partial charge is 0.273 e. The first-order valence-corrected chi connectivity index (χ1v) is 12.3. The molecule has 2 aromatic rings. The summed E-state index contributed by atoms with van der Waals surface area (Å²) in [5.41, 5.74) is 0.877. The molecule has 9 nitrogen and oxygen atoms in total. The fraction of sp³-hybridized carbons (Fsp3) is 0.391. The third kappa shape index (κ3) is 5.22. The molecule has 2 aromatic carbocycles. The lowest BCUT2D eigenvalue weighted by molar-refractivity contribution is -0.140. The monoisotopic (exact) mass is 476 g/mol. The quantitative estimate of drug-likeness (QED) is 0.576. The van der Waals surface area contributed by atoms with E-state index < -0.39 is 15.7 Å². The molecule has 33 heavy (non-hydrogen) atoms. The van der Waals surface area contributed by atoms with E-state index in [1.807, 2.05) is 0 Å². The third-order valence-electron chi connectivity index (χ3n) is 5.42. The molecule has 0 aromatic heterocycles. The number of carbonyl (C=O) groups is 2. The predicted octanol–water partition coefficient (Wildman–Crippen LogP) is 2.34. The fourth-order valence-corrected chi connectivity index (χ4v) is 4.73. The summed E-state index contributed by atoms with van der Waals surface area (Å²) < 4.78 is 40.3. The summed E-state index contributed by atoms with van der Waals surface area (Å²) in [5, 5.41) is 2.74. The topological polar surface area (TPSA) is 102 Å². The van der Waals surface area contributed by atoms with Crippen LogP contribution in [0.15, 0.2) is 41.3 Å². The van der Waals surface area contributed by atoms with Gasteiger partial charge in [0.2, 0.25) is 11.7 Å². The molecule has 178 valence electrons. The van der Waals surface area contributed by atoms with Crippen molar-refractivity contribution in [3.05, 3.63) is 47.5 Å². The van der Waals surface area contributed by atoms with Gasteiger partial charge in [-0.3, -0.25) is 14.6 Å². The molecule has 1 saturated heterocycles. The molecule has 1 aliphatic rings. The molecular weight excluding hydrogens is 448 g/mol. The van der Waals surface area contributed by atoms with Crippen LogP contribution in [0.4, 0.5) is 0 Å². The fourth-order valence-electron chi connectivity index (χ4n) is 3.85. The minimum Gasteiger partial charge on any atom is -0.493 e. The molecule has 0 bridgehead atoms. The summed E-state index contributed by atoms with van der Waals surface area (Å²) in [4.78, 5) is 26.1. The van der Waals surface area contributed by atoms with Crippen LogP contribution in [0, 0.1) is 0 Å². The number of ether oxygens (including phenoxy) is 3. The van der Waals surface area contributed by atoms with E-state index >= 15 is 0 Å². The number of sulfone groups is 1. The Morgan fingerprint density at radius 1 is 0.939 bits per heavy atom. The number of hydrogen-bond acceptors (Lipinski definition) is 7. The van der Waals surface area contributed by atoms with Crippen molar-refractivity contribution in [3.8, 4) is 17.2 Å². The van der Waals surface area contributed by atoms with Gasteiger partial charge >= 0.3 is 0 Å². The highest BCUT2D eigenvalue weighted by Crippen LogP contribution is 2.38. The number of hydrazine groups is 1. The summed E-state index contributed by atoms with van der Waals surface area (Å²) in [6, 6.07) is 9.60. The zero-order valence-electron chi connectivity index (χ0n) is 19.2. The van der Waals surface area contributed by atoms with Gasteiger partial charge in [0.05, 0.1) is 31.8 Å². The highest BCUT2D eigenvalue weighted by molar-refractivity contribution is 7.90. The summed E-state index contributed by atoms with van der Waals surface area (Å²) in [7, 11) is 0.967. The van der Waals surface area contributed by atoms with Crippen LogP contribution in [0.5, 0.6) is 17.2 Å². The Labute approximate surface area is 193 Å². The number of methoxy groups -OCH3 is 3. The minimum atomic E-state index is -3.60. The third-order valence-corrected chi connectivity index (χ3v) is 6.58. The van der Waals surface area contributed by atoms with Crippen molar-refractivity contribution in [1.82, 2.24) is 10.0 Å². The van der Waals surface area contributed by atoms with Crippen LogP contribution in [0.25, 0.3) is 0 Å². The molecule has 1 aliphatic heterocycles. The first-order chi connectivity index (χ1) is 15.7. The molecule has 0 unspecified atom stereocenters. The second kappa shape index (κ2) is 10.1. The molecule has 10 heteroatoms. The molecule has 0 atom stereocenters. The Bertz CT molecular complexity index is 1120. The Morgan fingerprint density at radius 2 is 1.55 bits per heavy atom. The average molecular weight is 477 g/mol. The first kappa shape index (κ1) is 24.4. The van der Waals surface area contributed by atoms with Crippen molar-refractivity contribution < 1.29 is 32.2 Å². The molecule has 0 aliphatic carbocycles. The molecule has 2 amide bonds. The summed E-state index contributed by atoms with van der Waals surface area (Å²) in [6.07, 6.45) is 2.22. The van der Waals surface area contributed by atoms with Gasteiger partial charge in [0, 0.05) is 25.8 Å². The average Bonchev–Trinajstić information content (AvgIpc) is 3.30. The van der Waals surface area contributed by atoms with E-state index in [1.54, 1.807) is 24.3 Å². The summed E-state index contributed by atoms with van der Waals surface area (Å²) in [5.74, 6) is 0.723. The summed E-state index contributed by atoms with van der Waals surface area (Å²) >= 11 is 0. The number of carbonyl (C=O) groups excluding carboxylic acids is 2. The highest BCUT2D eigenvalue weighted by atomic mass is 32.2. The lowest BCUT2D eigenvalue weighted by Crippen LogP contribution is -2.45. The van der Waals surface area contributed by atoms with Gasteiger partial charge in [-0.1, -0.05) is 12.1 Å². The van der Waals surface area contributed by atoms with E-state index in [0.717, 1.165) is 11.8 Å². The number of nitrogens with zero attached hydrogens (tertiary/aromatic N) is 2. The Hall–Kier alpha value is -3.27. The lowest BCUT2D eigenvalue weighted by Gasteiger charge is -2.28. The van der Waals surface area contributed by atoms with Crippen molar-refractivity contribution in [2.75, 3.05) is 40.7 Å². The van der Waals surface area contributed by atoms with Crippen LogP contribution >= 0.6 is 0 Å². The maximum Gasteiger partial charge on any atom is 0.273 e. The maximum atomic E-state index is 13.2. The van der Waals surface area contributed by atoms with Crippen LogP contribution in [0.1, 0.15) is 28.8 Å². The van der Waals surface area contributed by atoms with Crippen molar-refractivity contribution >= 4 is 21.7 Å². The largest absolute Gasteiger partial charge is 0.493 e. The zero-order valence-corrected chi connectivity index (χ0v) is 20.0. The van der Waals surface area contributed by atoms with Gasteiger partial charge in [-0.15, -0.1) is 0 Å². The van der Waals surface area contributed by atoms with Crippen molar-refractivity contribution in [2.24, 2.45) is 0 Å². The Balaban J connectivity index is 1.77. The molecule has 0 spiro atoms. The maximum absolute atomic E-state index is 13.2. The molecule has 0 saturated carbocycles. The van der Waals surface area contributed by atoms with E-state index in [1.165, 1.54) is 43.5 Å². The number of hydrogen-bond donors (Lipinski definition) is 0. The van der Waals surface area contributed by atoms with Gasteiger partial charge < -0.3 is 14.2 Å². The SMILES string of the molecule is COc1cc(CCC(=O)N2CCCN2C(=O)c2ccccc2S(C)(=O)=O)cc(OC)c1OC. The van der Waals surface area contributed by atoms with E-state index in [9.17, 15) is 18.0 Å². The second-order valence-electron chi connectivity index (χ2n) is 7.60. The van der Waals surface area contributed by atoms with Gasteiger partial charge in [-0.05, 0) is 42.7 Å². The number of aryl methyl sites for hydroxylation is 1. The van der Waals surface area contributed by atoms with Crippen LogP contribution in [-0.4, -0.2) is 70.9 Å². The van der Waals surface area contributed by atoms with Crippen molar-refractivity contribution in [2.45, 2.75) is 24.2 Å². The molecule has 1 fully saturated rings. The molecular formula is C23H28N2O7S. The standard InChI is InChI=1S/C23H28N2O7S/c1-30-18-14-16(15-19(31-2)22(18)32-3)10-11-21(26)24-12-7-13-25(24)23(27)17-8-5-6-9-20(17)33(4,28)29/h5-6,8-9,14-15H,7,10-13H2,1-4H3. The number of benzene rings is 2. The van der Waals surface area contributed by atoms with Crippen LogP contribution < -0.4 is 14.2 Å². The highest BCUT2D eigenvalue weighted by Gasteiger charge is 2.33. The van der Waals surface area contributed by atoms with Gasteiger partial charge in [0.1, 0.15) is 0 Å². The molecule has 3 rings (SSSR count). The molecule has 1 heterocycles. The lowest BCUT2D eigenvalue weighted by atomic mass is 10.1. The zero-order chi connectivity index (χ0) is 24.2. The van der Waals surface area contributed by atoms with Crippen molar-refractivity contribution in [3.63, 3.8) is 0 Å². The van der Waals surface area contributed by atoms with E-state index in [2.05, 4.69) is 0 Å². The van der Waals surface area contributed by atoms with Crippen LogP contribution in [0.3, 0.4) is 0 Å².